The molecule has 3 rings (SSSR count). The van der Waals surface area contributed by atoms with E-state index in [4.69, 9.17) is 4.74 Å². The summed E-state index contributed by atoms with van der Waals surface area (Å²) in [6, 6.07) is -0.361. The number of aliphatic hydroxyl groups is 1. The number of aliphatic hydroxyl groups excluding tert-OH is 1. The number of hydrogen-bond acceptors (Lipinski definition) is 5. The monoisotopic (exact) mass is 314 g/mol. The summed E-state index contributed by atoms with van der Waals surface area (Å²) in [7, 11) is 0. The molecule has 0 spiro atoms. The highest BCUT2D eigenvalue weighted by atomic mass is 32.2. The SMILES string of the molecule is CC1CN(C(=O)C2CSC3(C)CCC(=O)N23)CC(CO)O1. The van der Waals surface area contributed by atoms with Crippen molar-refractivity contribution in [2.24, 2.45) is 0 Å². The maximum absolute atomic E-state index is 12.8. The second-order valence-electron chi connectivity index (χ2n) is 6.26. The number of fused-ring (bicyclic) bond motifs is 1. The third kappa shape index (κ3) is 2.55. The van der Waals surface area contributed by atoms with Crippen LogP contribution in [0.3, 0.4) is 0 Å². The molecule has 6 nitrogen and oxygen atoms in total. The van der Waals surface area contributed by atoms with Gasteiger partial charge in [-0.1, -0.05) is 0 Å². The number of amides is 2. The van der Waals surface area contributed by atoms with Crippen LogP contribution in [0, 0.1) is 0 Å². The molecule has 3 saturated heterocycles. The van der Waals surface area contributed by atoms with Crippen LogP contribution in [0.5, 0.6) is 0 Å². The van der Waals surface area contributed by atoms with Crippen molar-refractivity contribution < 1.29 is 19.4 Å². The zero-order valence-corrected chi connectivity index (χ0v) is 13.3. The number of hydrogen-bond donors (Lipinski definition) is 1. The van der Waals surface area contributed by atoms with Crippen molar-refractivity contribution in [2.45, 2.75) is 49.8 Å². The van der Waals surface area contributed by atoms with Gasteiger partial charge in [0.15, 0.2) is 0 Å². The highest BCUT2D eigenvalue weighted by molar-refractivity contribution is 8.01. The Kier molecular flexibility index (Phi) is 3.92. The first-order valence-corrected chi connectivity index (χ1v) is 8.44. The minimum absolute atomic E-state index is 0.00456. The quantitative estimate of drug-likeness (QED) is 0.780. The molecule has 0 radical (unpaired) electrons. The number of carbonyl (C=O) groups excluding carboxylic acids is 2. The van der Waals surface area contributed by atoms with Crippen molar-refractivity contribution in [1.82, 2.24) is 9.80 Å². The van der Waals surface area contributed by atoms with E-state index in [9.17, 15) is 14.7 Å². The Morgan fingerprint density at radius 2 is 2.29 bits per heavy atom. The lowest BCUT2D eigenvalue weighted by atomic mass is 10.1. The average Bonchev–Trinajstić information content (AvgIpc) is 2.94. The molecular weight excluding hydrogens is 292 g/mol. The molecule has 3 aliphatic heterocycles. The number of thioether (sulfide) groups is 1. The van der Waals surface area contributed by atoms with E-state index in [2.05, 4.69) is 0 Å². The van der Waals surface area contributed by atoms with Gasteiger partial charge >= 0.3 is 0 Å². The molecule has 118 valence electrons. The fourth-order valence-electron chi connectivity index (χ4n) is 3.54. The van der Waals surface area contributed by atoms with Gasteiger partial charge in [-0.3, -0.25) is 9.59 Å². The van der Waals surface area contributed by atoms with Gasteiger partial charge in [0.2, 0.25) is 11.8 Å². The van der Waals surface area contributed by atoms with E-state index in [0.717, 1.165) is 6.42 Å². The summed E-state index contributed by atoms with van der Waals surface area (Å²) in [4.78, 5) is 28.3. The van der Waals surface area contributed by atoms with Crippen LogP contribution >= 0.6 is 11.8 Å². The third-order valence-corrected chi connectivity index (χ3v) is 6.08. The van der Waals surface area contributed by atoms with Gasteiger partial charge in [0.1, 0.15) is 6.04 Å². The molecule has 1 N–H and O–H groups in total. The fraction of sp³-hybridized carbons (Fsp3) is 0.857. The highest BCUT2D eigenvalue weighted by Gasteiger charge is 2.53. The standard InChI is InChI=1S/C14H22N2O4S/c1-9-5-15(6-10(7-17)20-9)13(19)11-8-21-14(2)4-3-12(18)16(11)14/h9-11,17H,3-8H2,1-2H3. The molecule has 3 fully saturated rings. The van der Waals surface area contributed by atoms with Crippen LogP contribution in [0.1, 0.15) is 26.7 Å². The molecule has 4 atom stereocenters. The molecule has 21 heavy (non-hydrogen) atoms. The summed E-state index contributed by atoms with van der Waals surface area (Å²) < 4.78 is 5.58. The molecule has 7 heteroatoms. The van der Waals surface area contributed by atoms with E-state index in [0.29, 0.717) is 25.3 Å². The second kappa shape index (κ2) is 5.44. The summed E-state index contributed by atoms with van der Waals surface area (Å²) in [5.74, 6) is 0.743. The third-order valence-electron chi connectivity index (χ3n) is 4.57. The van der Waals surface area contributed by atoms with Crippen LogP contribution in [-0.4, -0.2) is 75.3 Å². The molecule has 0 aromatic rings. The topological polar surface area (TPSA) is 70.1 Å². The molecule has 0 aromatic carbocycles. The maximum atomic E-state index is 12.8. The first-order chi connectivity index (χ1) is 9.94. The van der Waals surface area contributed by atoms with Crippen LogP contribution in [0.15, 0.2) is 0 Å². The van der Waals surface area contributed by atoms with Gasteiger partial charge in [-0.05, 0) is 20.3 Å². The molecule has 0 aromatic heterocycles. The zero-order chi connectivity index (χ0) is 15.2. The molecule has 0 bridgehead atoms. The maximum Gasteiger partial charge on any atom is 0.246 e. The first kappa shape index (κ1) is 15.1. The van der Waals surface area contributed by atoms with Gasteiger partial charge in [-0.15, -0.1) is 11.8 Å². The Hall–Kier alpha value is -0.790. The van der Waals surface area contributed by atoms with Gasteiger partial charge in [0.25, 0.3) is 0 Å². The Bertz CT molecular complexity index is 460. The van der Waals surface area contributed by atoms with Crippen molar-refractivity contribution in [3.8, 4) is 0 Å². The summed E-state index contributed by atoms with van der Waals surface area (Å²) >= 11 is 1.70. The molecule has 3 heterocycles. The second-order valence-corrected chi connectivity index (χ2v) is 7.76. The van der Waals surface area contributed by atoms with Crippen LogP contribution in [0.2, 0.25) is 0 Å². The van der Waals surface area contributed by atoms with E-state index in [1.807, 2.05) is 13.8 Å². The normalized spacial score (nSPS) is 39.8. The number of nitrogens with zero attached hydrogens (tertiary/aromatic N) is 2. The summed E-state index contributed by atoms with van der Waals surface area (Å²) in [6.45, 7) is 4.79. The summed E-state index contributed by atoms with van der Waals surface area (Å²) in [5, 5.41) is 9.28. The Morgan fingerprint density at radius 3 is 3.00 bits per heavy atom. The number of rotatable bonds is 2. The van der Waals surface area contributed by atoms with Crippen LogP contribution < -0.4 is 0 Å². The number of carbonyl (C=O) groups is 2. The van der Waals surface area contributed by atoms with Crippen molar-refractivity contribution >= 4 is 23.6 Å². The zero-order valence-electron chi connectivity index (χ0n) is 12.4. The molecule has 0 saturated carbocycles. The average molecular weight is 314 g/mol. The van der Waals surface area contributed by atoms with Crippen molar-refractivity contribution in [2.75, 3.05) is 25.4 Å². The molecule has 4 unspecified atom stereocenters. The van der Waals surface area contributed by atoms with Crippen LogP contribution in [0.4, 0.5) is 0 Å². The Morgan fingerprint density at radius 1 is 1.52 bits per heavy atom. The predicted molar refractivity (Wildman–Crippen MR) is 78.7 cm³/mol. The largest absolute Gasteiger partial charge is 0.394 e. The Labute approximate surface area is 128 Å². The first-order valence-electron chi connectivity index (χ1n) is 7.46. The fourth-order valence-corrected chi connectivity index (χ4v) is 4.96. The van der Waals surface area contributed by atoms with E-state index in [1.54, 1.807) is 21.6 Å². The minimum Gasteiger partial charge on any atom is -0.394 e. The van der Waals surface area contributed by atoms with Crippen molar-refractivity contribution in [3.05, 3.63) is 0 Å². The molecular formula is C14H22N2O4S. The van der Waals surface area contributed by atoms with E-state index in [-0.39, 0.29) is 41.5 Å². The molecule has 0 aliphatic carbocycles. The van der Waals surface area contributed by atoms with Crippen LogP contribution in [-0.2, 0) is 14.3 Å². The van der Waals surface area contributed by atoms with E-state index in [1.165, 1.54) is 0 Å². The lowest BCUT2D eigenvalue weighted by molar-refractivity contribution is -0.154. The number of morpholine rings is 1. The number of ether oxygens (including phenoxy) is 1. The van der Waals surface area contributed by atoms with E-state index >= 15 is 0 Å². The van der Waals surface area contributed by atoms with Crippen molar-refractivity contribution in [3.63, 3.8) is 0 Å². The van der Waals surface area contributed by atoms with Gasteiger partial charge in [-0.2, -0.15) is 0 Å². The Balaban J connectivity index is 1.75. The molecule has 2 amide bonds. The van der Waals surface area contributed by atoms with Gasteiger partial charge in [-0.25, -0.2) is 0 Å². The highest BCUT2D eigenvalue weighted by Crippen LogP contribution is 2.47. The van der Waals surface area contributed by atoms with Crippen LogP contribution in [0.25, 0.3) is 0 Å². The smallest absolute Gasteiger partial charge is 0.246 e. The summed E-state index contributed by atoms with van der Waals surface area (Å²) in [5.41, 5.74) is 0. The van der Waals surface area contributed by atoms with Gasteiger partial charge in [0, 0.05) is 25.3 Å². The van der Waals surface area contributed by atoms with E-state index < -0.39 is 0 Å². The lowest BCUT2D eigenvalue weighted by Gasteiger charge is -2.39. The van der Waals surface area contributed by atoms with Crippen molar-refractivity contribution in [1.29, 1.82) is 0 Å². The summed E-state index contributed by atoms with van der Waals surface area (Å²) in [6.07, 6.45) is 0.937. The predicted octanol–water partition coefficient (Wildman–Crippen LogP) is 0.0486. The van der Waals surface area contributed by atoms with Gasteiger partial charge in [0.05, 0.1) is 23.7 Å². The van der Waals surface area contributed by atoms with Gasteiger partial charge < -0.3 is 19.6 Å². The molecule has 3 aliphatic rings. The minimum atomic E-state index is -0.361. The lowest BCUT2D eigenvalue weighted by Crippen LogP contribution is -2.57.